The first-order valence-corrected chi connectivity index (χ1v) is 3.16. The summed E-state index contributed by atoms with van der Waals surface area (Å²) in [4.78, 5) is 9.62. The summed E-state index contributed by atoms with van der Waals surface area (Å²) in [6, 6.07) is 3.64. The predicted molar refractivity (Wildman–Crippen MR) is 50.7 cm³/mol. The second kappa shape index (κ2) is 7.15. The van der Waals surface area contributed by atoms with E-state index >= 15 is 0 Å². The molecule has 0 saturated heterocycles. The number of aromatic hydroxyl groups is 1. The van der Waals surface area contributed by atoms with E-state index in [9.17, 15) is 10.1 Å². The summed E-state index contributed by atoms with van der Waals surface area (Å²) in [7, 11) is 1.38. The molecule has 0 saturated carbocycles. The quantitative estimate of drug-likeness (QED) is 0.438. The van der Waals surface area contributed by atoms with Crippen LogP contribution in [-0.4, -0.2) is 74.0 Å². The number of hydrogen-bond acceptors (Lipinski definition) is 4. The molecule has 0 spiro atoms. The van der Waals surface area contributed by atoms with Gasteiger partial charge in [0.1, 0.15) is 0 Å². The monoisotopic (exact) mass is 226 g/mol. The second-order valence-corrected chi connectivity index (χ2v) is 2.11. The molecule has 0 aliphatic carbocycles. The van der Waals surface area contributed by atoms with Gasteiger partial charge in [0.2, 0.25) is 0 Å². The molecule has 0 aliphatic rings. The van der Waals surface area contributed by atoms with Gasteiger partial charge in [-0.2, -0.15) is 0 Å². The minimum absolute atomic E-state index is 0. The van der Waals surface area contributed by atoms with Gasteiger partial charge in [-0.05, 0) is 6.07 Å². The van der Waals surface area contributed by atoms with Gasteiger partial charge in [0.25, 0.3) is 5.69 Å². The topological polar surface area (TPSA) is 104 Å². The van der Waals surface area contributed by atoms with Gasteiger partial charge in [-0.25, -0.2) is 0 Å². The Morgan fingerprint density at radius 2 is 2.07 bits per heavy atom. The fraction of sp³-hybridized carbons (Fsp3) is 0.143. The van der Waals surface area contributed by atoms with Crippen molar-refractivity contribution in [2.75, 3.05) is 7.11 Å². The molecule has 73 valence electrons. The largest absolute Gasteiger partial charge is 0.504 e. The number of non-ortho nitro benzene ring substituents is 1. The number of phenolic OH excluding ortho intramolecular Hbond substituents is 1. The van der Waals surface area contributed by atoms with Gasteiger partial charge in [-0.3, -0.25) is 10.1 Å². The summed E-state index contributed by atoms with van der Waals surface area (Å²) < 4.78 is 4.71. The van der Waals surface area contributed by atoms with Crippen molar-refractivity contribution in [1.82, 2.24) is 0 Å². The van der Waals surface area contributed by atoms with Crippen LogP contribution in [0.4, 0.5) is 5.69 Å². The molecule has 0 amide bonds. The standard InChI is InChI=1S/C7H7NO4.K.H2O/c1-12-7-3-2-5(8(10)11)4-6(7)9;;/h2-4,9H,1H3;;1H2. The third-order valence-corrected chi connectivity index (χ3v) is 1.37. The van der Waals surface area contributed by atoms with Crippen LogP contribution in [0.3, 0.4) is 0 Å². The number of nitro benzene ring substituents is 1. The van der Waals surface area contributed by atoms with Crippen LogP contribution in [0, 0.1) is 10.1 Å². The van der Waals surface area contributed by atoms with Crippen LogP contribution in [0.15, 0.2) is 18.2 Å². The van der Waals surface area contributed by atoms with E-state index in [1.807, 2.05) is 0 Å². The van der Waals surface area contributed by atoms with Crippen LogP contribution in [0.5, 0.6) is 11.5 Å². The third kappa shape index (κ3) is 3.90. The number of nitrogens with zero attached hydrogens (tertiary/aromatic N) is 1. The molecule has 0 bridgehead atoms. The average Bonchev–Trinajstić information content (AvgIpc) is 2.04. The van der Waals surface area contributed by atoms with Gasteiger partial charge in [0, 0.05) is 57.5 Å². The molecule has 0 heterocycles. The fourth-order valence-corrected chi connectivity index (χ4v) is 0.792. The van der Waals surface area contributed by atoms with Crippen LogP contribution in [0.1, 0.15) is 0 Å². The van der Waals surface area contributed by atoms with Gasteiger partial charge in [0.15, 0.2) is 11.5 Å². The average molecular weight is 226 g/mol. The molecule has 1 radical (unpaired) electrons. The number of hydrogen-bond donors (Lipinski definition) is 1. The molecule has 1 rings (SSSR count). The Bertz CT molecular complexity index is 317. The van der Waals surface area contributed by atoms with Crippen molar-refractivity contribution in [1.29, 1.82) is 0 Å². The maximum atomic E-state index is 10.2. The zero-order valence-electron chi connectivity index (χ0n) is 7.85. The second-order valence-electron chi connectivity index (χ2n) is 2.11. The molecule has 0 atom stereocenters. The number of phenols is 1. The van der Waals surface area contributed by atoms with E-state index in [-0.39, 0.29) is 74.0 Å². The van der Waals surface area contributed by atoms with E-state index in [4.69, 9.17) is 9.84 Å². The molecule has 14 heavy (non-hydrogen) atoms. The van der Waals surface area contributed by atoms with Gasteiger partial charge in [-0.1, -0.05) is 0 Å². The maximum absolute atomic E-state index is 10.2. The van der Waals surface area contributed by atoms with Crippen LogP contribution in [0.2, 0.25) is 0 Å². The summed E-state index contributed by atoms with van der Waals surface area (Å²) in [5.41, 5.74) is -0.159. The van der Waals surface area contributed by atoms with E-state index < -0.39 is 4.92 Å². The Hall–Kier alpha value is -0.184. The first-order valence-electron chi connectivity index (χ1n) is 3.16. The van der Waals surface area contributed by atoms with Gasteiger partial charge < -0.3 is 15.3 Å². The van der Waals surface area contributed by atoms with Crippen molar-refractivity contribution in [2.24, 2.45) is 0 Å². The summed E-state index contributed by atoms with van der Waals surface area (Å²) in [6.45, 7) is 0. The molecular weight excluding hydrogens is 217 g/mol. The summed E-state index contributed by atoms with van der Waals surface area (Å²) in [5, 5.41) is 19.3. The smallest absolute Gasteiger partial charge is 0.273 e. The van der Waals surface area contributed by atoms with E-state index in [2.05, 4.69) is 0 Å². The SMILES string of the molecule is COc1ccc([N+](=O)[O-])cc1O.O.[K]. The van der Waals surface area contributed by atoms with Crippen LogP contribution < -0.4 is 4.74 Å². The predicted octanol–water partition coefficient (Wildman–Crippen LogP) is 0.103. The third-order valence-electron chi connectivity index (χ3n) is 1.37. The molecule has 0 aliphatic heterocycles. The normalized spacial score (nSPS) is 8.07. The number of benzene rings is 1. The Morgan fingerprint density at radius 3 is 2.43 bits per heavy atom. The van der Waals surface area contributed by atoms with Crippen molar-refractivity contribution in [3.63, 3.8) is 0 Å². The van der Waals surface area contributed by atoms with E-state index in [0.717, 1.165) is 6.07 Å². The van der Waals surface area contributed by atoms with Crippen LogP contribution in [-0.2, 0) is 0 Å². The van der Waals surface area contributed by atoms with E-state index in [0.29, 0.717) is 0 Å². The van der Waals surface area contributed by atoms with Crippen molar-refractivity contribution >= 4 is 57.1 Å². The number of ether oxygens (including phenoxy) is 1. The Kier molecular flexibility index (Phi) is 8.31. The first kappa shape index (κ1) is 16.3. The molecular formula is C7H9KNO5. The van der Waals surface area contributed by atoms with Crippen molar-refractivity contribution in [2.45, 2.75) is 0 Å². The maximum Gasteiger partial charge on any atom is 0.273 e. The van der Waals surface area contributed by atoms with Crippen molar-refractivity contribution < 1.29 is 20.2 Å². The minimum Gasteiger partial charge on any atom is -0.504 e. The molecule has 3 N–H and O–H groups in total. The van der Waals surface area contributed by atoms with Gasteiger partial charge >= 0.3 is 0 Å². The van der Waals surface area contributed by atoms with Crippen molar-refractivity contribution in [3.8, 4) is 11.5 Å². The van der Waals surface area contributed by atoms with Crippen LogP contribution in [0.25, 0.3) is 0 Å². The Labute approximate surface area is 123 Å². The zero-order valence-corrected chi connectivity index (χ0v) is 11.0. The first-order chi connectivity index (χ1) is 5.65. The number of rotatable bonds is 2. The van der Waals surface area contributed by atoms with E-state index in [1.54, 1.807) is 0 Å². The Morgan fingerprint density at radius 1 is 1.50 bits per heavy atom. The van der Waals surface area contributed by atoms with Crippen molar-refractivity contribution in [3.05, 3.63) is 28.3 Å². The summed E-state index contributed by atoms with van der Waals surface area (Å²) in [6.07, 6.45) is 0. The van der Waals surface area contributed by atoms with Gasteiger partial charge in [-0.15, -0.1) is 0 Å². The minimum atomic E-state index is -0.584. The molecule has 0 fully saturated rings. The molecule has 0 unspecified atom stereocenters. The Balaban J connectivity index is 0. The molecule has 0 aromatic heterocycles. The zero-order chi connectivity index (χ0) is 9.14. The van der Waals surface area contributed by atoms with Gasteiger partial charge in [0.05, 0.1) is 18.1 Å². The number of methoxy groups -OCH3 is 1. The van der Waals surface area contributed by atoms with Crippen LogP contribution >= 0.6 is 0 Å². The number of nitro groups is 1. The molecule has 7 heteroatoms. The molecule has 1 aromatic carbocycles. The molecule has 6 nitrogen and oxygen atoms in total. The fourth-order valence-electron chi connectivity index (χ4n) is 0.792. The summed E-state index contributed by atoms with van der Waals surface area (Å²) >= 11 is 0. The molecule has 1 aromatic rings. The van der Waals surface area contributed by atoms with E-state index in [1.165, 1.54) is 19.2 Å². The summed E-state index contributed by atoms with van der Waals surface area (Å²) in [5.74, 6) is -0.00713.